The van der Waals surface area contributed by atoms with Gasteiger partial charge in [-0.25, -0.2) is 0 Å². The minimum Gasteiger partial charge on any atom is -0.480 e. The number of carbonyl (C=O) groups excluding carboxylic acids is 1. The van der Waals surface area contributed by atoms with Gasteiger partial charge < -0.3 is 9.64 Å². The lowest BCUT2D eigenvalue weighted by atomic mass is 9.95. The Hall–Kier alpha value is -2.41. The molecule has 0 spiro atoms. The molecule has 0 bridgehead atoms. The molecular weight excluding hydrogens is 420 g/mol. The lowest BCUT2D eigenvalue weighted by molar-refractivity contribution is -0.139. The van der Waals surface area contributed by atoms with Crippen LogP contribution in [0.4, 0.5) is 0 Å². The topological polar surface area (TPSA) is 59.7 Å². The van der Waals surface area contributed by atoms with Crippen LogP contribution in [0.15, 0.2) is 47.1 Å². The second-order valence-corrected chi connectivity index (χ2v) is 8.13. The van der Waals surface area contributed by atoms with Crippen LogP contribution in [0.3, 0.4) is 0 Å². The summed E-state index contributed by atoms with van der Waals surface area (Å²) < 4.78 is 8.82. The molecule has 146 valence electrons. The summed E-state index contributed by atoms with van der Waals surface area (Å²) in [6, 6.07) is 11.8. The second kappa shape index (κ2) is 7.91. The summed E-state index contributed by atoms with van der Waals surface area (Å²) >= 11 is 3.51. The van der Waals surface area contributed by atoms with Crippen molar-refractivity contribution in [3.05, 3.63) is 58.5 Å². The number of piperidine rings is 1. The van der Waals surface area contributed by atoms with Crippen LogP contribution in [0.2, 0.25) is 0 Å². The maximum Gasteiger partial charge on any atom is 0.263 e. The Bertz CT molecular complexity index is 995. The minimum absolute atomic E-state index is 0.0250. The van der Waals surface area contributed by atoms with Crippen molar-refractivity contribution in [2.45, 2.75) is 38.7 Å². The van der Waals surface area contributed by atoms with Gasteiger partial charge in [0.2, 0.25) is 0 Å². The quantitative estimate of drug-likeness (QED) is 0.612. The molecule has 3 heterocycles. The van der Waals surface area contributed by atoms with Gasteiger partial charge in [-0.2, -0.15) is 0 Å². The number of halogens is 1. The van der Waals surface area contributed by atoms with Gasteiger partial charge in [0.15, 0.2) is 11.8 Å². The fraction of sp³-hybridized carbons (Fsp3) is 0.381. The molecule has 1 aliphatic rings. The molecule has 6 nitrogen and oxygen atoms in total. The van der Waals surface area contributed by atoms with Gasteiger partial charge in [0.05, 0.1) is 4.47 Å². The zero-order valence-corrected chi connectivity index (χ0v) is 17.6. The molecule has 3 aromatic rings. The van der Waals surface area contributed by atoms with Gasteiger partial charge in [-0.1, -0.05) is 12.1 Å². The number of hydrogen-bond donors (Lipinski definition) is 0. The summed E-state index contributed by atoms with van der Waals surface area (Å²) in [7, 11) is 0. The molecule has 1 atom stereocenters. The van der Waals surface area contributed by atoms with Crippen LogP contribution in [0.25, 0.3) is 5.65 Å². The largest absolute Gasteiger partial charge is 0.480 e. The van der Waals surface area contributed by atoms with Crippen LogP contribution >= 0.6 is 15.9 Å². The van der Waals surface area contributed by atoms with Crippen molar-refractivity contribution in [2.24, 2.45) is 0 Å². The average molecular weight is 443 g/mol. The zero-order chi connectivity index (χ0) is 19.7. The molecule has 7 heteroatoms. The van der Waals surface area contributed by atoms with E-state index in [-0.39, 0.29) is 5.91 Å². The summed E-state index contributed by atoms with van der Waals surface area (Å²) in [6.07, 6.45) is 3.23. The Morgan fingerprint density at radius 3 is 2.75 bits per heavy atom. The van der Waals surface area contributed by atoms with E-state index in [9.17, 15) is 4.79 Å². The first-order valence-electron chi connectivity index (χ1n) is 9.54. The van der Waals surface area contributed by atoms with Gasteiger partial charge in [-0.3, -0.25) is 9.20 Å². The number of ether oxygens (including phenoxy) is 1. The summed E-state index contributed by atoms with van der Waals surface area (Å²) in [5.41, 5.74) is 2.00. The number of hydrogen-bond acceptors (Lipinski definition) is 4. The van der Waals surface area contributed by atoms with E-state index in [2.05, 4.69) is 26.1 Å². The van der Waals surface area contributed by atoms with Gasteiger partial charge in [0.1, 0.15) is 11.6 Å². The molecule has 28 heavy (non-hydrogen) atoms. The van der Waals surface area contributed by atoms with Crippen LogP contribution in [-0.2, 0) is 4.79 Å². The number of aryl methyl sites for hydroxylation is 1. The van der Waals surface area contributed by atoms with Gasteiger partial charge in [0, 0.05) is 25.2 Å². The van der Waals surface area contributed by atoms with E-state index < -0.39 is 6.10 Å². The number of amides is 1. The second-order valence-electron chi connectivity index (χ2n) is 7.28. The highest BCUT2D eigenvalue weighted by Gasteiger charge is 2.29. The highest BCUT2D eigenvalue weighted by Crippen LogP contribution is 2.29. The highest BCUT2D eigenvalue weighted by molar-refractivity contribution is 9.10. The zero-order valence-electron chi connectivity index (χ0n) is 16.0. The summed E-state index contributed by atoms with van der Waals surface area (Å²) in [6.45, 7) is 5.24. The molecule has 0 N–H and O–H groups in total. The van der Waals surface area contributed by atoms with Gasteiger partial charge in [-0.05, 0) is 72.4 Å². The SMILES string of the molecule is Cc1ccc(OC(C)C(=O)N2CCC(c3nnc4ccccn34)CC2)c(Br)c1. The summed E-state index contributed by atoms with van der Waals surface area (Å²) in [5, 5.41) is 8.62. The Morgan fingerprint density at radius 1 is 1.21 bits per heavy atom. The molecule has 0 radical (unpaired) electrons. The summed E-state index contributed by atoms with van der Waals surface area (Å²) in [5.74, 6) is 2.01. The molecule has 1 aliphatic heterocycles. The van der Waals surface area contributed by atoms with Crippen LogP contribution in [0.5, 0.6) is 5.75 Å². The monoisotopic (exact) mass is 442 g/mol. The van der Waals surface area contributed by atoms with E-state index in [0.717, 1.165) is 34.3 Å². The third-order valence-electron chi connectivity index (χ3n) is 5.25. The van der Waals surface area contributed by atoms with Crippen molar-refractivity contribution >= 4 is 27.5 Å². The molecule has 1 fully saturated rings. The Morgan fingerprint density at radius 2 is 2.00 bits per heavy atom. The number of benzene rings is 1. The Kier molecular flexibility index (Phi) is 5.35. The Balaban J connectivity index is 1.38. The van der Waals surface area contributed by atoms with E-state index >= 15 is 0 Å². The molecule has 1 saturated heterocycles. The fourth-order valence-electron chi connectivity index (χ4n) is 3.70. The maximum atomic E-state index is 12.8. The van der Waals surface area contributed by atoms with E-state index in [0.29, 0.717) is 24.8 Å². The third kappa shape index (κ3) is 3.76. The first-order chi connectivity index (χ1) is 13.5. The number of likely N-dealkylation sites (tertiary alicyclic amines) is 1. The number of fused-ring (bicyclic) bond motifs is 1. The van der Waals surface area contributed by atoms with Crippen LogP contribution in [0, 0.1) is 6.92 Å². The Labute approximate surface area is 172 Å². The molecule has 1 amide bonds. The van der Waals surface area contributed by atoms with Crippen LogP contribution in [0.1, 0.15) is 37.1 Å². The van der Waals surface area contributed by atoms with E-state index in [1.165, 1.54) is 0 Å². The first kappa shape index (κ1) is 18.9. The van der Waals surface area contributed by atoms with E-state index in [1.54, 1.807) is 0 Å². The fourth-order valence-corrected chi connectivity index (χ4v) is 4.28. The standard InChI is InChI=1S/C21H23BrN4O2/c1-14-6-7-18(17(22)13-14)28-15(2)21(27)25-11-8-16(9-12-25)20-24-23-19-5-3-4-10-26(19)20/h3-7,10,13,15-16H,8-9,11-12H2,1-2H3. The predicted molar refractivity (Wildman–Crippen MR) is 111 cm³/mol. The smallest absolute Gasteiger partial charge is 0.263 e. The van der Waals surface area contributed by atoms with Crippen molar-refractivity contribution < 1.29 is 9.53 Å². The maximum absolute atomic E-state index is 12.8. The van der Waals surface area contributed by atoms with Gasteiger partial charge in [0.25, 0.3) is 5.91 Å². The minimum atomic E-state index is -0.524. The predicted octanol–water partition coefficient (Wildman–Crippen LogP) is 3.97. The van der Waals surface area contributed by atoms with Crippen molar-refractivity contribution in [1.82, 2.24) is 19.5 Å². The lowest BCUT2D eigenvalue weighted by Crippen LogP contribution is -2.44. The average Bonchev–Trinajstić information content (AvgIpc) is 3.14. The molecule has 1 aromatic carbocycles. The van der Waals surface area contributed by atoms with Crippen LogP contribution in [-0.4, -0.2) is 44.6 Å². The normalized spacial score (nSPS) is 16.3. The highest BCUT2D eigenvalue weighted by atomic mass is 79.9. The van der Waals surface area contributed by atoms with Gasteiger partial charge >= 0.3 is 0 Å². The lowest BCUT2D eigenvalue weighted by Gasteiger charge is -2.33. The van der Waals surface area contributed by atoms with E-state index in [4.69, 9.17) is 4.74 Å². The van der Waals surface area contributed by atoms with Crippen molar-refractivity contribution in [2.75, 3.05) is 13.1 Å². The molecular formula is C21H23BrN4O2. The first-order valence-corrected chi connectivity index (χ1v) is 10.3. The molecule has 2 aromatic heterocycles. The molecule has 1 unspecified atom stereocenters. The van der Waals surface area contributed by atoms with Gasteiger partial charge in [-0.15, -0.1) is 10.2 Å². The number of nitrogens with zero attached hydrogens (tertiary/aromatic N) is 4. The van der Waals surface area contributed by atoms with E-state index in [1.807, 2.05) is 65.7 Å². The number of aromatic nitrogens is 3. The third-order valence-corrected chi connectivity index (χ3v) is 5.87. The molecule has 4 rings (SSSR count). The molecule has 0 aliphatic carbocycles. The van der Waals surface area contributed by atoms with Crippen molar-refractivity contribution in [1.29, 1.82) is 0 Å². The summed E-state index contributed by atoms with van der Waals surface area (Å²) in [4.78, 5) is 14.7. The number of rotatable bonds is 4. The van der Waals surface area contributed by atoms with Crippen molar-refractivity contribution in [3.8, 4) is 5.75 Å². The number of pyridine rings is 1. The molecule has 0 saturated carbocycles. The van der Waals surface area contributed by atoms with Crippen molar-refractivity contribution in [3.63, 3.8) is 0 Å². The van der Waals surface area contributed by atoms with Crippen LogP contribution < -0.4 is 4.74 Å². The number of carbonyl (C=O) groups is 1.